The van der Waals surface area contributed by atoms with E-state index in [0.29, 0.717) is 35.6 Å². The molecular formula is C29H29F4N7O3S. The van der Waals surface area contributed by atoms with Crippen molar-refractivity contribution in [1.29, 1.82) is 0 Å². The van der Waals surface area contributed by atoms with Crippen molar-refractivity contribution in [2.24, 2.45) is 7.05 Å². The molecule has 5 heterocycles. The zero-order chi connectivity index (χ0) is 31.2. The van der Waals surface area contributed by atoms with Gasteiger partial charge < -0.3 is 33.8 Å². The van der Waals surface area contributed by atoms with Gasteiger partial charge in [-0.3, -0.25) is 4.79 Å². The molecule has 2 atom stereocenters. The monoisotopic (exact) mass is 631 g/mol. The number of carbonyl (C=O) groups excluding carboxylic acids is 1. The number of halogens is 4. The molecule has 10 nitrogen and oxygen atoms in total. The van der Waals surface area contributed by atoms with E-state index in [1.165, 1.54) is 16.7 Å². The average Bonchev–Trinajstić information content (AvgIpc) is 3.68. The van der Waals surface area contributed by atoms with Gasteiger partial charge in [-0.25, -0.2) is 4.39 Å². The van der Waals surface area contributed by atoms with Crippen LogP contribution in [0.3, 0.4) is 0 Å². The van der Waals surface area contributed by atoms with Crippen LogP contribution in [0.25, 0.3) is 27.8 Å². The summed E-state index contributed by atoms with van der Waals surface area (Å²) in [7, 11) is 5.16. The fourth-order valence-electron chi connectivity index (χ4n) is 5.43. The summed E-state index contributed by atoms with van der Waals surface area (Å²) in [6.45, 7) is 0.812. The van der Waals surface area contributed by atoms with Gasteiger partial charge in [-0.05, 0) is 49.9 Å². The summed E-state index contributed by atoms with van der Waals surface area (Å²) in [6, 6.07) is 11.5. The van der Waals surface area contributed by atoms with Gasteiger partial charge in [-0.2, -0.15) is 18.2 Å². The number of thioether (sulfide) groups is 1. The number of amides is 1. The molecule has 1 fully saturated rings. The number of alkyl halides is 4. The summed E-state index contributed by atoms with van der Waals surface area (Å²) in [4.78, 5) is 19.2. The summed E-state index contributed by atoms with van der Waals surface area (Å²) < 4.78 is 69.5. The van der Waals surface area contributed by atoms with Crippen molar-refractivity contribution in [3.8, 4) is 17.1 Å². The van der Waals surface area contributed by atoms with Crippen LogP contribution in [-0.4, -0.2) is 74.9 Å². The predicted octanol–water partition coefficient (Wildman–Crippen LogP) is 5.49. The molecule has 1 aliphatic rings. The van der Waals surface area contributed by atoms with E-state index in [9.17, 15) is 22.4 Å². The highest BCUT2D eigenvalue weighted by Gasteiger charge is 2.34. The van der Waals surface area contributed by atoms with Gasteiger partial charge in [0.05, 0.1) is 47.0 Å². The minimum absolute atomic E-state index is 0.0111. The maximum atomic E-state index is 14.8. The first-order valence-electron chi connectivity index (χ1n) is 13.7. The number of anilines is 1. The first-order chi connectivity index (χ1) is 21.0. The number of nitrogens with one attached hydrogen (secondary N) is 2. The van der Waals surface area contributed by atoms with Crippen molar-refractivity contribution in [3.63, 3.8) is 0 Å². The molecule has 15 heteroatoms. The average molecular weight is 632 g/mol. The molecule has 0 aliphatic carbocycles. The zero-order valence-electron chi connectivity index (χ0n) is 24.0. The van der Waals surface area contributed by atoms with Crippen LogP contribution in [0, 0.1) is 0 Å². The number of benzene rings is 1. The fraction of sp³-hybridized carbons (Fsp3) is 0.345. The number of hydrogen-bond acceptors (Lipinski definition) is 8. The Morgan fingerprint density at radius 3 is 2.75 bits per heavy atom. The molecule has 1 amide bonds. The van der Waals surface area contributed by atoms with Crippen LogP contribution in [0.15, 0.2) is 58.2 Å². The zero-order valence-corrected chi connectivity index (χ0v) is 24.8. The predicted molar refractivity (Wildman–Crippen MR) is 158 cm³/mol. The quantitative estimate of drug-likeness (QED) is 0.171. The fourth-order valence-corrected chi connectivity index (χ4v) is 6.16. The first kappa shape index (κ1) is 29.8. The summed E-state index contributed by atoms with van der Waals surface area (Å²) >= 11 is -0.304. The Labute approximate surface area is 253 Å². The number of methoxy groups -OCH3 is 1. The second-order valence-corrected chi connectivity index (χ2v) is 11.7. The van der Waals surface area contributed by atoms with Crippen molar-refractivity contribution < 1.29 is 31.6 Å². The van der Waals surface area contributed by atoms with Crippen LogP contribution in [0.4, 0.5) is 23.2 Å². The molecule has 6 rings (SSSR count). The van der Waals surface area contributed by atoms with Gasteiger partial charge in [0.2, 0.25) is 11.7 Å². The van der Waals surface area contributed by atoms with Crippen molar-refractivity contribution in [2.45, 2.75) is 35.7 Å². The Bertz CT molecular complexity index is 1830. The van der Waals surface area contributed by atoms with Gasteiger partial charge in [0, 0.05) is 49.5 Å². The largest absolute Gasteiger partial charge is 0.497 e. The minimum atomic E-state index is -4.60. The molecule has 1 aromatic carbocycles. The van der Waals surface area contributed by atoms with Crippen LogP contribution in [0.5, 0.6) is 5.75 Å². The number of pyridine rings is 1. The second-order valence-electron chi connectivity index (χ2n) is 10.6. The SMILES string of the molecule is COc1ccc2cc(C(=O)NCc3nc(-c4cc5c(N[C@@H]6CCN(C)C[C@@H]6F)cccn5c4SC(F)(F)F)no3)n(C)c2c1. The molecule has 232 valence electrons. The highest BCUT2D eigenvalue weighted by Crippen LogP contribution is 2.44. The third kappa shape index (κ3) is 5.93. The third-order valence-corrected chi connectivity index (χ3v) is 8.50. The lowest BCUT2D eigenvalue weighted by molar-refractivity contribution is -0.0329. The number of piperidine rings is 1. The van der Waals surface area contributed by atoms with Gasteiger partial charge in [0.1, 0.15) is 17.6 Å². The molecule has 0 spiro atoms. The second kappa shape index (κ2) is 11.7. The lowest BCUT2D eigenvalue weighted by Crippen LogP contribution is -2.46. The molecule has 44 heavy (non-hydrogen) atoms. The maximum Gasteiger partial charge on any atom is 0.447 e. The Hall–Kier alpha value is -4.24. The molecule has 0 bridgehead atoms. The molecular weight excluding hydrogens is 602 g/mol. The number of aromatic nitrogens is 4. The number of fused-ring (bicyclic) bond motifs is 2. The minimum Gasteiger partial charge on any atom is -0.497 e. The molecule has 1 saturated heterocycles. The van der Waals surface area contributed by atoms with Gasteiger partial charge >= 0.3 is 5.51 Å². The first-order valence-corrected chi connectivity index (χ1v) is 14.6. The summed E-state index contributed by atoms with van der Waals surface area (Å²) in [6.07, 6.45) is 0.906. The van der Waals surface area contributed by atoms with E-state index in [1.807, 2.05) is 24.1 Å². The Morgan fingerprint density at radius 2 is 2.00 bits per heavy atom. The summed E-state index contributed by atoms with van der Waals surface area (Å²) in [5.74, 6) is 0.190. The number of rotatable bonds is 8. The standard InChI is InChI=1S/C29H29F4N7O3S/c1-38-10-8-20(19(30)15-38)35-21-5-4-9-40-23(21)13-18(28(40)44-29(31,32)33)26-36-25(43-37-26)14-34-27(41)24-11-16-6-7-17(42-3)12-22(16)39(24)2/h4-7,9,11-13,19-20,35H,8,10,14-15H2,1-3H3,(H,34,41)/t19-,20+/m0/s1. The highest BCUT2D eigenvalue weighted by molar-refractivity contribution is 8.00. The molecule has 5 aromatic rings. The molecule has 0 saturated carbocycles. The number of hydrogen-bond donors (Lipinski definition) is 2. The Balaban J connectivity index is 1.26. The van der Waals surface area contributed by atoms with E-state index in [1.54, 1.807) is 43.0 Å². The van der Waals surface area contributed by atoms with Crippen molar-refractivity contribution in [1.82, 2.24) is 29.3 Å². The van der Waals surface area contributed by atoms with E-state index < -0.39 is 23.6 Å². The van der Waals surface area contributed by atoms with Crippen LogP contribution >= 0.6 is 11.8 Å². The van der Waals surface area contributed by atoms with E-state index in [2.05, 4.69) is 20.8 Å². The van der Waals surface area contributed by atoms with E-state index in [0.717, 1.165) is 10.9 Å². The van der Waals surface area contributed by atoms with Crippen molar-refractivity contribution >= 4 is 39.8 Å². The van der Waals surface area contributed by atoms with Gasteiger partial charge in [0.15, 0.2) is 0 Å². The number of likely N-dealkylation sites (tertiary alicyclic amines) is 1. The van der Waals surface area contributed by atoms with Crippen molar-refractivity contribution in [2.75, 3.05) is 32.6 Å². The molecule has 4 aromatic heterocycles. The van der Waals surface area contributed by atoms with Crippen LogP contribution in [0.1, 0.15) is 22.8 Å². The van der Waals surface area contributed by atoms with Gasteiger partial charge in [-0.15, -0.1) is 0 Å². The lowest BCUT2D eigenvalue weighted by atomic mass is 10.0. The third-order valence-electron chi connectivity index (χ3n) is 7.66. The molecule has 1 aliphatic heterocycles. The maximum absolute atomic E-state index is 14.8. The number of ether oxygens (including phenoxy) is 1. The van der Waals surface area contributed by atoms with Crippen LogP contribution in [-0.2, 0) is 13.6 Å². The van der Waals surface area contributed by atoms with E-state index in [-0.39, 0.29) is 47.2 Å². The lowest BCUT2D eigenvalue weighted by Gasteiger charge is -2.33. The van der Waals surface area contributed by atoms with E-state index >= 15 is 0 Å². The smallest absolute Gasteiger partial charge is 0.447 e. The molecule has 0 radical (unpaired) electrons. The normalized spacial score (nSPS) is 17.8. The van der Waals surface area contributed by atoms with Crippen molar-refractivity contribution in [3.05, 3.63) is 60.2 Å². The summed E-state index contributed by atoms with van der Waals surface area (Å²) in [5, 5.41) is 10.5. The van der Waals surface area contributed by atoms with Gasteiger partial charge in [-0.1, -0.05) is 5.16 Å². The number of nitrogens with zero attached hydrogens (tertiary/aromatic N) is 5. The van der Waals surface area contributed by atoms with Gasteiger partial charge in [0.25, 0.3) is 5.91 Å². The van der Waals surface area contributed by atoms with E-state index in [4.69, 9.17) is 9.26 Å². The van der Waals surface area contributed by atoms with Crippen LogP contribution < -0.4 is 15.4 Å². The highest BCUT2D eigenvalue weighted by atomic mass is 32.2. The summed E-state index contributed by atoms with van der Waals surface area (Å²) in [5.41, 5.74) is -2.43. The molecule has 0 unspecified atom stereocenters. The Morgan fingerprint density at radius 1 is 1.18 bits per heavy atom. The number of carbonyl (C=O) groups is 1. The number of aryl methyl sites for hydroxylation is 1. The Kier molecular flexibility index (Phi) is 7.92. The van der Waals surface area contributed by atoms with Crippen LogP contribution in [0.2, 0.25) is 0 Å². The topological polar surface area (TPSA) is 102 Å². The molecule has 2 N–H and O–H groups in total.